The van der Waals surface area contributed by atoms with Crippen molar-refractivity contribution in [3.63, 3.8) is 0 Å². The Morgan fingerprint density at radius 3 is 2.78 bits per heavy atom. The number of aliphatic imine (C=N–C) groups is 1. The van der Waals surface area contributed by atoms with Gasteiger partial charge in [-0.3, -0.25) is 0 Å². The number of benzene rings is 1. The van der Waals surface area contributed by atoms with Crippen LogP contribution >= 0.6 is 24.0 Å². The summed E-state index contributed by atoms with van der Waals surface area (Å²) in [4.78, 5) is 12.5. The lowest BCUT2D eigenvalue weighted by Crippen LogP contribution is -2.38. The highest BCUT2D eigenvalue weighted by atomic mass is 127. The van der Waals surface area contributed by atoms with Gasteiger partial charge in [0.25, 0.3) is 0 Å². The van der Waals surface area contributed by atoms with Crippen LogP contribution in [0.15, 0.2) is 39.8 Å². The third-order valence-electron chi connectivity index (χ3n) is 4.00. The summed E-state index contributed by atoms with van der Waals surface area (Å²) >= 11 is 0. The Morgan fingerprint density at radius 2 is 2.07 bits per heavy atom. The number of rotatable bonds is 7. The second kappa shape index (κ2) is 10.3. The summed E-state index contributed by atoms with van der Waals surface area (Å²) in [5.41, 5.74) is 3.02. The van der Waals surface area contributed by atoms with E-state index in [0.29, 0.717) is 12.5 Å². The number of H-pyrrole nitrogens is 1. The van der Waals surface area contributed by atoms with Gasteiger partial charge in [0.2, 0.25) is 0 Å². The van der Waals surface area contributed by atoms with Crippen LogP contribution in [0, 0.1) is 0 Å². The summed E-state index contributed by atoms with van der Waals surface area (Å²) in [5, 5.41) is 10.6. The number of imidazole rings is 1. The smallest absolute Gasteiger partial charge is 0.191 e. The molecular formula is C19H27IN6O. The van der Waals surface area contributed by atoms with Gasteiger partial charge in [-0.15, -0.1) is 24.0 Å². The highest BCUT2D eigenvalue weighted by molar-refractivity contribution is 14.0. The van der Waals surface area contributed by atoms with E-state index in [0.717, 1.165) is 53.8 Å². The van der Waals surface area contributed by atoms with Gasteiger partial charge in [-0.05, 0) is 25.0 Å². The molecule has 0 aliphatic rings. The molecule has 0 bridgehead atoms. The molecular weight excluding hydrogens is 455 g/mol. The van der Waals surface area contributed by atoms with Crippen LogP contribution in [0.5, 0.6) is 0 Å². The molecule has 27 heavy (non-hydrogen) atoms. The molecule has 0 fully saturated rings. The van der Waals surface area contributed by atoms with Gasteiger partial charge in [-0.1, -0.05) is 31.1 Å². The van der Waals surface area contributed by atoms with Gasteiger partial charge in [-0.2, -0.15) is 0 Å². The zero-order chi connectivity index (χ0) is 18.4. The van der Waals surface area contributed by atoms with E-state index in [2.05, 4.69) is 44.6 Å². The first-order chi connectivity index (χ1) is 12.7. The van der Waals surface area contributed by atoms with Crippen LogP contribution in [0.2, 0.25) is 0 Å². The first kappa shape index (κ1) is 21.2. The number of guanidine groups is 1. The average Bonchev–Trinajstić information content (AvgIpc) is 3.26. The van der Waals surface area contributed by atoms with Crippen LogP contribution in [0.4, 0.5) is 0 Å². The van der Waals surface area contributed by atoms with Crippen LogP contribution in [0.3, 0.4) is 0 Å². The maximum atomic E-state index is 5.33. The van der Waals surface area contributed by atoms with Crippen LogP contribution in [0.25, 0.3) is 11.0 Å². The number of para-hydroxylation sites is 2. The molecule has 0 atom stereocenters. The quantitative estimate of drug-likeness (QED) is 0.272. The molecule has 0 radical (unpaired) electrons. The van der Waals surface area contributed by atoms with Crippen molar-refractivity contribution in [1.82, 2.24) is 25.8 Å². The maximum absolute atomic E-state index is 5.33. The van der Waals surface area contributed by atoms with E-state index in [1.807, 2.05) is 37.3 Å². The zero-order valence-corrected chi connectivity index (χ0v) is 18.3. The number of hydrogen-bond donors (Lipinski definition) is 3. The van der Waals surface area contributed by atoms with Crippen LogP contribution in [0.1, 0.15) is 44.0 Å². The third kappa shape index (κ3) is 5.95. The van der Waals surface area contributed by atoms with Gasteiger partial charge in [0.1, 0.15) is 12.4 Å². The number of hydrogen-bond acceptors (Lipinski definition) is 4. The SMILES string of the molecule is CCNC(=NCc1cc(C(C)C)no1)NCCc1nc2ccccc2[nH]1.I. The minimum absolute atomic E-state index is 0. The topological polar surface area (TPSA) is 91.1 Å². The van der Waals surface area contributed by atoms with Crippen molar-refractivity contribution >= 4 is 41.0 Å². The largest absolute Gasteiger partial charge is 0.359 e. The maximum Gasteiger partial charge on any atom is 0.191 e. The minimum atomic E-state index is 0. The molecule has 0 aliphatic carbocycles. The van der Waals surface area contributed by atoms with Gasteiger partial charge in [0, 0.05) is 25.6 Å². The van der Waals surface area contributed by atoms with Crippen molar-refractivity contribution in [2.45, 2.75) is 39.7 Å². The number of aromatic amines is 1. The predicted octanol–water partition coefficient (Wildman–Crippen LogP) is 3.59. The molecule has 0 unspecified atom stereocenters. The molecule has 7 nitrogen and oxygen atoms in total. The van der Waals surface area contributed by atoms with Crippen LogP contribution in [-0.2, 0) is 13.0 Å². The molecule has 3 aromatic rings. The Labute approximate surface area is 176 Å². The lowest BCUT2D eigenvalue weighted by molar-refractivity contribution is 0.376. The molecule has 2 heterocycles. The highest BCUT2D eigenvalue weighted by Crippen LogP contribution is 2.14. The number of nitrogens with one attached hydrogen (secondary N) is 3. The lowest BCUT2D eigenvalue weighted by Gasteiger charge is -2.10. The van der Waals surface area contributed by atoms with Gasteiger partial charge in [-0.25, -0.2) is 9.98 Å². The van der Waals surface area contributed by atoms with Crippen molar-refractivity contribution in [3.8, 4) is 0 Å². The zero-order valence-electron chi connectivity index (χ0n) is 16.0. The van der Waals surface area contributed by atoms with Crippen molar-refractivity contribution in [1.29, 1.82) is 0 Å². The van der Waals surface area contributed by atoms with E-state index in [9.17, 15) is 0 Å². The molecule has 0 spiro atoms. The molecule has 0 saturated heterocycles. The number of nitrogens with zero attached hydrogens (tertiary/aromatic N) is 3. The summed E-state index contributed by atoms with van der Waals surface area (Å²) in [6.45, 7) is 8.22. The average molecular weight is 482 g/mol. The van der Waals surface area contributed by atoms with Crippen LogP contribution in [-0.4, -0.2) is 34.2 Å². The number of halogens is 1. The van der Waals surface area contributed by atoms with E-state index in [1.54, 1.807) is 0 Å². The number of aromatic nitrogens is 3. The van der Waals surface area contributed by atoms with E-state index in [-0.39, 0.29) is 24.0 Å². The van der Waals surface area contributed by atoms with Gasteiger partial charge < -0.3 is 20.1 Å². The Bertz CT molecular complexity index is 837. The van der Waals surface area contributed by atoms with E-state index in [1.165, 1.54) is 0 Å². The molecule has 8 heteroatoms. The summed E-state index contributed by atoms with van der Waals surface area (Å²) in [5.74, 6) is 2.84. The second-order valence-corrected chi connectivity index (χ2v) is 6.45. The normalized spacial score (nSPS) is 11.6. The molecule has 0 aliphatic heterocycles. The van der Waals surface area contributed by atoms with Gasteiger partial charge in [0.05, 0.1) is 16.7 Å². The van der Waals surface area contributed by atoms with Crippen molar-refractivity contribution in [2.24, 2.45) is 4.99 Å². The Hall–Kier alpha value is -2.10. The van der Waals surface area contributed by atoms with Crippen molar-refractivity contribution in [2.75, 3.05) is 13.1 Å². The molecule has 146 valence electrons. The molecule has 2 aromatic heterocycles. The van der Waals surface area contributed by atoms with Crippen molar-refractivity contribution in [3.05, 3.63) is 47.6 Å². The summed E-state index contributed by atoms with van der Waals surface area (Å²) in [6, 6.07) is 10.0. The van der Waals surface area contributed by atoms with E-state index in [4.69, 9.17) is 4.52 Å². The first-order valence-corrected chi connectivity index (χ1v) is 9.07. The standard InChI is InChI=1S/C19H26N6O.HI/c1-4-20-19(22-12-14-11-17(13(2)3)25-26-14)21-10-9-18-23-15-7-5-6-8-16(15)24-18;/h5-8,11,13H,4,9-10,12H2,1-3H3,(H,23,24)(H2,20,21,22);1H. The Kier molecular flexibility index (Phi) is 8.08. The first-order valence-electron chi connectivity index (χ1n) is 9.07. The molecule has 1 aromatic carbocycles. The van der Waals surface area contributed by atoms with Gasteiger partial charge in [0.15, 0.2) is 11.7 Å². The second-order valence-electron chi connectivity index (χ2n) is 6.45. The molecule has 0 saturated carbocycles. The van der Waals surface area contributed by atoms with Crippen molar-refractivity contribution < 1.29 is 4.52 Å². The van der Waals surface area contributed by atoms with Crippen LogP contribution < -0.4 is 10.6 Å². The predicted molar refractivity (Wildman–Crippen MR) is 119 cm³/mol. The fraction of sp³-hybridized carbons (Fsp3) is 0.421. The number of fused-ring (bicyclic) bond motifs is 1. The minimum Gasteiger partial charge on any atom is -0.359 e. The molecule has 3 rings (SSSR count). The van der Waals surface area contributed by atoms with E-state index >= 15 is 0 Å². The van der Waals surface area contributed by atoms with Gasteiger partial charge >= 0.3 is 0 Å². The molecule has 3 N–H and O–H groups in total. The Balaban J connectivity index is 0.00000261. The third-order valence-corrected chi connectivity index (χ3v) is 4.00. The summed E-state index contributed by atoms with van der Waals surface area (Å²) < 4.78 is 5.33. The lowest BCUT2D eigenvalue weighted by atomic mass is 10.1. The fourth-order valence-corrected chi connectivity index (χ4v) is 2.60. The highest BCUT2D eigenvalue weighted by Gasteiger charge is 2.08. The Morgan fingerprint density at radius 1 is 1.26 bits per heavy atom. The van der Waals surface area contributed by atoms with E-state index < -0.39 is 0 Å². The monoisotopic (exact) mass is 482 g/mol. The summed E-state index contributed by atoms with van der Waals surface area (Å²) in [7, 11) is 0. The molecule has 0 amide bonds. The fourth-order valence-electron chi connectivity index (χ4n) is 2.60. The summed E-state index contributed by atoms with van der Waals surface area (Å²) in [6.07, 6.45) is 0.791.